The number of carbonyl (C=O) groups is 2. The number of ketones is 1. The molecular weight excluding hydrogens is 338 g/mol. The second-order valence-corrected chi connectivity index (χ2v) is 6.88. The number of ether oxygens (including phenoxy) is 2. The highest BCUT2D eigenvalue weighted by Crippen LogP contribution is 2.22. The van der Waals surface area contributed by atoms with E-state index in [1.807, 2.05) is 19.1 Å². The molecule has 0 saturated heterocycles. The zero-order chi connectivity index (χ0) is 18.0. The Balaban J connectivity index is 1.77. The van der Waals surface area contributed by atoms with Crippen molar-refractivity contribution >= 4 is 34.0 Å². The van der Waals surface area contributed by atoms with Crippen LogP contribution in [-0.2, 0) is 4.74 Å². The molecule has 0 aliphatic heterocycles. The van der Waals surface area contributed by atoms with E-state index in [4.69, 9.17) is 9.47 Å². The topological polar surface area (TPSA) is 65.5 Å². The maximum absolute atomic E-state index is 12.3. The van der Waals surface area contributed by atoms with E-state index in [0.29, 0.717) is 21.9 Å². The third-order valence-corrected chi connectivity index (χ3v) is 4.83. The molecule has 0 atom stereocenters. The number of rotatable bonds is 5. The van der Waals surface area contributed by atoms with Gasteiger partial charge in [-0.15, -0.1) is 11.3 Å². The molecule has 3 rings (SSSR count). The molecule has 128 valence electrons. The van der Waals surface area contributed by atoms with Gasteiger partial charge in [0.1, 0.15) is 5.75 Å². The number of pyridine rings is 1. The molecule has 1 aromatic carbocycles. The summed E-state index contributed by atoms with van der Waals surface area (Å²) in [6, 6.07) is 10.8. The molecule has 0 amide bonds. The standard InChI is InChI=1S/C19H17NO4S/c1-11-4-7-18(25-11)17(21)10-24-19(22)15-8-13-5-6-14(23-3)9-16(13)20-12(15)2/h4-9H,10H2,1-3H3. The minimum Gasteiger partial charge on any atom is -0.497 e. The number of fused-ring (bicyclic) bond motifs is 1. The van der Waals surface area contributed by atoms with Crippen LogP contribution in [0, 0.1) is 13.8 Å². The molecular formula is C19H17NO4S. The number of methoxy groups -OCH3 is 1. The summed E-state index contributed by atoms with van der Waals surface area (Å²) < 4.78 is 10.4. The number of thiophene rings is 1. The first-order valence-electron chi connectivity index (χ1n) is 7.70. The molecule has 2 aromatic heterocycles. The highest BCUT2D eigenvalue weighted by Gasteiger charge is 2.16. The predicted octanol–water partition coefficient (Wildman–Crippen LogP) is 3.96. The van der Waals surface area contributed by atoms with Crippen LogP contribution in [0.5, 0.6) is 5.75 Å². The van der Waals surface area contributed by atoms with Crippen LogP contribution in [0.25, 0.3) is 10.9 Å². The quantitative estimate of drug-likeness (QED) is 0.512. The smallest absolute Gasteiger partial charge is 0.340 e. The molecule has 0 aliphatic carbocycles. The van der Waals surface area contributed by atoms with Crippen molar-refractivity contribution in [2.45, 2.75) is 13.8 Å². The monoisotopic (exact) mass is 355 g/mol. The van der Waals surface area contributed by atoms with Crippen molar-refractivity contribution in [3.63, 3.8) is 0 Å². The highest BCUT2D eigenvalue weighted by atomic mass is 32.1. The first-order valence-corrected chi connectivity index (χ1v) is 8.51. The van der Waals surface area contributed by atoms with E-state index in [0.717, 1.165) is 15.8 Å². The summed E-state index contributed by atoms with van der Waals surface area (Å²) in [6.45, 7) is 3.38. The summed E-state index contributed by atoms with van der Waals surface area (Å²) in [6.07, 6.45) is 0. The molecule has 0 saturated carbocycles. The van der Waals surface area contributed by atoms with E-state index >= 15 is 0 Å². The number of aromatic nitrogens is 1. The van der Waals surface area contributed by atoms with Crippen LogP contribution in [0.2, 0.25) is 0 Å². The first-order chi connectivity index (χ1) is 12.0. The molecule has 6 heteroatoms. The lowest BCUT2D eigenvalue weighted by Gasteiger charge is -2.08. The molecule has 0 unspecified atom stereocenters. The number of Topliss-reactive ketones (excluding diaryl/α,β-unsaturated/α-hetero) is 1. The van der Waals surface area contributed by atoms with Crippen molar-refractivity contribution in [1.29, 1.82) is 0 Å². The summed E-state index contributed by atoms with van der Waals surface area (Å²) in [5.74, 6) is -0.0569. The maximum atomic E-state index is 12.3. The third kappa shape index (κ3) is 3.69. The molecule has 0 fully saturated rings. The molecule has 2 heterocycles. The van der Waals surface area contributed by atoms with Gasteiger partial charge in [0.2, 0.25) is 5.78 Å². The van der Waals surface area contributed by atoms with E-state index in [-0.39, 0.29) is 12.4 Å². The van der Waals surface area contributed by atoms with E-state index in [2.05, 4.69) is 4.98 Å². The molecule has 0 radical (unpaired) electrons. The lowest BCUT2D eigenvalue weighted by atomic mass is 10.1. The lowest BCUT2D eigenvalue weighted by Crippen LogP contribution is -2.14. The molecule has 5 nitrogen and oxygen atoms in total. The van der Waals surface area contributed by atoms with Gasteiger partial charge in [-0.25, -0.2) is 4.79 Å². The van der Waals surface area contributed by atoms with Crippen LogP contribution in [0.3, 0.4) is 0 Å². The van der Waals surface area contributed by atoms with Crippen LogP contribution in [0.4, 0.5) is 0 Å². The minimum atomic E-state index is -0.552. The van der Waals surface area contributed by atoms with Crippen LogP contribution in [0.1, 0.15) is 30.6 Å². The van der Waals surface area contributed by atoms with Crippen LogP contribution >= 0.6 is 11.3 Å². The van der Waals surface area contributed by atoms with E-state index in [1.54, 1.807) is 38.3 Å². The van der Waals surface area contributed by atoms with Gasteiger partial charge in [0.25, 0.3) is 0 Å². The van der Waals surface area contributed by atoms with Crippen LogP contribution in [0.15, 0.2) is 36.4 Å². The normalized spacial score (nSPS) is 10.7. The average molecular weight is 355 g/mol. The summed E-state index contributed by atoms with van der Waals surface area (Å²) in [4.78, 5) is 30.5. The van der Waals surface area contributed by atoms with Gasteiger partial charge in [-0.3, -0.25) is 9.78 Å². The zero-order valence-corrected chi connectivity index (χ0v) is 15.0. The minimum absolute atomic E-state index is 0.206. The van der Waals surface area contributed by atoms with E-state index < -0.39 is 5.97 Å². The Bertz CT molecular complexity index is 961. The molecule has 25 heavy (non-hydrogen) atoms. The Morgan fingerprint density at radius 3 is 2.60 bits per heavy atom. The van der Waals surface area contributed by atoms with Gasteiger partial charge in [0, 0.05) is 16.3 Å². The number of aryl methyl sites for hydroxylation is 2. The van der Waals surface area contributed by atoms with Crippen molar-refractivity contribution in [3.05, 3.63) is 57.4 Å². The van der Waals surface area contributed by atoms with Crippen molar-refractivity contribution < 1.29 is 19.1 Å². The number of carbonyl (C=O) groups excluding carboxylic acids is 2. The van der Waals surface area contributed by atoms with E-state index in [1.165, 1.54) is 11.3 Å². The van der Waals surface area contributed by atoms with Gasteiger partial charge in [-0.1, -0.05) is 0 Å². The Hall–Kier alpha value is -2.73. The van der Waals surface area contributed by atoms with Gasteiger partial charge in [0.05, 0.1) is 28.8 Å². The fourth-order valence-electron chi connectivity index (χ4n) is 2.44. The second-order valence-electron chi connectivity index (χ2n) is 5.59. The van der Waals surface area contributed by atoms with Crippen molar-refractivity contribution in [3.8, 4) is 5.75 Å². The Morgan fingerprint density at radius 2 is 1.92 bits per heavy atom. The molecule has 0 bridgehead atoms. The first kappa shape index (κ1) is 17.1. The number of nitrogens with zero attached hydrogens (tertiary/aromatic N) is 1. The van der Waals surface area contributed by atoms with E-state index in [9.17, 15) is 9.59 Å². The maximum Gasteiger partial charge on any atom is 0.340 e. The predicted molar refractivity (Wildman–Crippen MR) is 96.7 cm³/mol. The SMILES string of the molecule is COc1ccc2cc(C(=O)OCC(=O)c3ccc(C)s3)c(C)nc2c1. The van der Waals surface area contributed by atoms with Gasteiger partial charge >= 0.3 is 5.97 Å². The van der Waals surface area contributed by atoms with Crippen molar-refractivity contribution in [2.24, 2.45) is 0 Å². The molecule has 0 aliphatic rings. The van der Waals surface area contributed by atoms with Gasteiger partial charge in [-0.05, 0) is 44.2 Å². The number of hydrogen-bond acceptors (Lipinski definition) is 6. The Morgan fingerprint density at radius 1 is 1.12 bits per heavy atom. The van der Waals surface area contributed by atoms with Crippen molar-refractivity contribution in [2.75, 3.05) is 13.7 Å². The number of benzene rings is 1. The van der Waals surface area contributed by atoms with Gasteiger partial charge < -0.3 is 9.47 Å². The zero-order valence-electron chi connectivity index (χ0n) is 14.2. The number of hydrogen-bond donors (Lipinski definition) is 0. The molecule has 0 spiro atoms. The molecule has 0 N–H and O–H groups in total. The fourth-order valence-corrected chi connectivity index (χ4v) is 3.23. The Kier molecular flexibility index (Phi) is 4.81. The van der Waals surface area contributed by atoms with Gasteiger partial charge in [-0.2, -0.15) is 0 Å². The largest absolute Gasteiger partial charge is 0.497 e. The van der Waals surface area contributed by atoms with Crippen molar-refractivity contribution in [1.82, 2.24) is 4.98 Å². The van der Waals surface area contributed by atoms with Gasteiger partial charge in [0.15, 0.2) is 6.61 Å². The average Bonchev–Trinajstić information content (AvgIpc) is 3.04. The van der Waals surface area contributed by atoms with Crippen LogP contribution in [-0.4, -0.2) is 30.5 Å². The lowest BCUT2D eigenvalue weighted by molar-refractivity contribution is 0.0475. The number of esters is 1. The highest BCUT2D eigenvalue weighted by molar-refractivity contribution is 7.14. The Labute approximate surface area is 149 Å². The second kappa shape index (κ2) is 7.03. The summed E-state index contributed by atoms with van der Waals surface area (Å²) in [5.41, 5.74) is 1.64. The third-order valence-electron chi connectivity index (χ3n) is 3.78. The fraction of sp³-hybridized carbons (Fsp3) is 0.211. The van der Waals surface area contributed by atoms with Crippen LogP contribution < -0.4 is 4.74 Å². The summed E-state index contributed by atoms with van der Waals surface area (Å²) >= 11 is 1.39. The molecule has 3 aromatic rings. The summed E-state index contributed by atoms with van der Waals surface area (Å²) in [5, 5.41) is 0.804. The summed E-state index contributed by atoms with van der Waals surface area (Å²) in [7, 11) is 1.59.